The number of hydrogen-bond donors (Lipinski definition) is 1. The molecule has 3 heteroatoms. The van der Waals surface area contributed by atoms with Crippen LogP contribution >= 0.6 is 12.4 Å². The van der Waals surface area contributed by atoms with Crippen molar-refractivity contribution in [3.8, 4) is 5.75 Å². The number of fused-ring (bicyclic) bond motifs is 1. The van der Waals surface area contributed by atoms with Crippen molar-refractivity contribution < 1.29 is 4.74 Å². The van der Waals surface area contributed by atoms with E-state index in [-0.39, 0.29) is 12.4 Å². The van der Waals surface area contributed by atoms with E-state index in [9.17, 15) is 0 Å². The van der Waals surface area contributed by atoms with Gasteiger partial charge in [-0.3, -0.25) is 0 Å². The third kappa shape index (κ3) is 2.29. The minimum atomic E-state index is 0. The molecule has 0 unspecified atom stereocenters. The molecule has 0 radical (unpaired) electrons. The molecule has 86 valence electrons. The summed E-state index contributed by atoms with van der Waals surface area (Å²) in [5.41, 5.74) is 1.22. The van der Waals surface area contributed by atoms with Crippen LogP contribution in [0.2, 0.25) is 0 Å². The van der Waals surface area contributed by atoms with Crippen molar-refractivity contribution in [2.75, 3.05) is 14.2 Å². The monoisotopic (exact) mass is 237 g/mol. The smallest absolute Gasteiger partial charge is 0.123 e. The van der Waals surface area contributed by atoms with E-state index < -0.39 is 0 Å². The normalized spacial score (nSPS) is 9.88. The Kier molecular flexibility index (Phi) is 4.59. The van der Waals surface area contributed by atoms with Gasteiger partial charge in [-0.25, -0.2) is 0 Å². The van der Waals surface area contributed by atoms with E-state index in [1.54, 1.807) is 7.11 Å². The Morgan fingerprint density at radius 1 is 1.12 bits per heavy atom. The number of nitrogens with one attached hydrogen (secondary N) is 1. The van der Waals surface area contributed by atoms with Crippen LogP contribution in [-0.2, 0) is 6.54 Å². The van der Waals surface area contributed by atoms with Crippen molar-refractivity contribution in [1.82, 2.24) is 5.32 Å². The van der Waals surface area contributed by atoms with E-state index >= 15 is 0 Å². The van der Waals surface area contributed by atoms with Crippen LogP contribution in [0.4, 0.5) is 0 Å². The highest BCUT2D eigenvalue weighted by molar-refractivity contribution is 5.87. The number of ether oxygens (including phenoxy) is 1. The molecule has 16 heavy (non-hydrogen) atoms. The third-order valence-corrected chi connectivity index (χ3v) is 2.57. The Bertz CT molecular complexity index is 470. The van der Waals surface area contributed by atoms with Crippen molar-refractivity contribution in [3.05, 3.63) is 42.0 Å². The molecule has 0 spiro atoms. The van der Waals surface area contributed by atoms with Gasteiger partial charge in [-0.2, -0.15) is 0 Å². The SMILES string of the molecule is CNCc1c(OC)ccc2ccccc12.Cl. The molecule has 0 aliphatic carbocycles. The van der Waals surface area contributed by atoms with Gasteiger partial charge in [0.1, 0.15) is 5.75 Å². The largest absolute Gasteiger partial charge is 0.496 e. The van der Waals surface area contributed by atoms with Crippen LogP contribution in [0, 0.1) is 0 Å². The molecule has 2 rings (SSSR count). The maximum absolute atomic E-state index is 5.37. The summed E-state index contributed by atoms with van der Waals surface area (Å²) in [5.74, 6) is 0.947. The van der Waals surface area contributed by atoms with Gasteiger partial charge in [0.25, 0.3) is 0 Å². The molecular formula is C13H16ClNO. The summed E-state index contributed by atoms with van der Waals surface area (Å²) in [6.07, 6.45) is 0. The standard InChI is InChI=1S/C13H15NO.ClH/c1-14-9-12-11-6-4-3-5-10(11)7-8-13(12)15-2;/h3-8,14H,9H2,1-2H3;1H. The van der Waals surface area contributed by atoms with Crippen LogP contribution in [0.3, 0.4) is 0 Å². The Morgan fingerprint density at radius 2 is 1.88 bits per heavy atom. The summed E-state index contributed by atoms with van der Waals surface area (Å²) >= 11 is 0. The highest BCUT2D eigenvalue weighted by Crippen LogP contribution is 2.27. The Labute approximate surface area is 102 Å². The fraction of sp³-hybridized carbons (Fsp3) is 0.231. The molecular weight excluding hydrogens is 222 g/mol. The molecule has 0 heterocycles. The summed E-state index contributed by atoms with van der Waals surface area (Å²) in [6.45, 7) is 0.824. The van der Waals surface area contributed by atoms with Gasteiger partial charge in [0.15, 0.2) is 0 Å². The minimum Gasteiger partial charge on any atom is -0.496 e. The molecule has 0 fully saturated rings. The summed E-state index contributed by atoms with van der Waals surface area (Å²) in [4.78, 5) is 0. The second-order valence-corrected chi connectivity index (χ2v) is 3.50. The maximum atomic E-state index is 5.37. The second-order valence-electron chi connectivity index (χ2n) is 3.50. The highest BCUT2D eigenvalue weighted by atomic mass is 35.5. The van der Waals surface area contributed by atoms with Gasteiger partial charge in [-0.1, -0.05) is 30.3 Å². The lowest BCUT2D eigenvalue weighted by Crippen LogP contribution is -2.07. The van der Waals surface area contributed by atoms with Crippen LogP contribution < -0.4 is 10.1 Å². The zero-order valence-corrected chi connectivity index (χ0v) is 10.3. The van der Waals surface area contributed by atoms with E-state index in [0.717, 1.165) is 12.3 Å². The molecule has 0 saturated heterocycles. The Hall–Kier alpha value is -1.25. The number of hydrogen-bond acceptors (Lipinski definition) is 2. The number of halogens is 1. The third-order valence-electron chi connectivity index (χ3n) is 2.57. The van der Waals surface area contributed by atoms with Crippen molar-refractivity contribution in [2.24, 2.45) is 0 Å². The second kappa shape index (κ2) is 5.73. The lowest BCUT2D eigenvalue weighted by Gasteiger charge is -2.11. The molecule has 2 nitrogen and oxygen atoms in total. The van der Waals surface area contributed by atoms with Crippen molar-refractivity contribution in [3.63, 3.8) is 0 Å². The average Bonchev–Trinajstić information content (AvgIpc) is 2.30. The lowest BCUT2D eigenvalue weighted by atomic mass is 10.0. The van der Waals surface area contributed by atoms with Gasteiger partial charge >= 0.3 is 0 Å². The number of rotatable bonds is 3. The minimum absolute atomic E-state index is 0. The van der Waals surface area contributed by atoms with Crippen LogP contribution in [-0.4, -0.2) is 14.2 Å². The average molecular weight is 238 g/mol. The molecule has 1 N–H and O–H groups in total. The molecule has 0 saturated carbocycles. The summed E-state index contributed by atoms with van der Waals surface area (Å²) in [5, 5.41) is 5.68. The topological polar surface area (TPSA) is 21.3 Å². The molecule has 0 bridgehead atoms. The first-order valence-electron chi connectivity index (χ1n) is 5.06. The van der Waals surface area contributed by atoms with E-state index in [1.807, 2.05) is 13.1 Å². The molecule has 0 atom stereocenters. The molecule has 2 aromatic carbocycles. The van der Waals surface area contributed by atoms with Crippen LogP contribution in [0.15, 0.2) is 36.4 Å². The van der Waals surface area contributed by atoms with Gasteiger partial charge in [0.05, 0.1) is 7.11 Å². The zero-order valence-electron chi connectivity index (χ0n) is 9.49. The van der Waals surface area contributed by atoms with Crippen LogP contribution in [0.1, 0.15) is 5.56 Å². The maximum Gasteiger partial charge on any atom is 0.123 e. The first-order valence-corrected chi connectivity index (χ1v) is 5.06. The number of methoxy groups -OCH3 is 1. The molecule has 0 amide bonds. The lowest BCUT2D eigenvalue weighted by molar-refractivity contribution is 0.409. The summed E-state index contributed by atoms with van der Waals surface area (Å²) < 4.78 is 5.37. The predicted molar refractivity (Wildman–Crippen MR) is 70.5 cm³/mol. The summed E-state index contributed by atoms with van der Waals surface area (Å²) in [7, 11) is 3.66. The Balaban J connectivity index is 0.00000128. The Morgan fingerprint density at radius 3 is 2.56 bits per heavy atom. The number of benzene rings is 2. The van der Waals surface area contributed by atoms with Crippen molar-refractivity contribution in [2.45, 2.75) is 6.54 Å². The molecule has 0 aromatic heterocycles. The predicted octanol–water partition coefficient (Wildman–Crippen LogP) is 2.99. The summed E-state index contributed by atoms with van der Waals surface area (Å²) in [6, 6.07) is 12.5. The first-order chi connectivity index (χ1) is 7.36. The van der Waals surface area contributed by atoms with Gasteiger partial charge in [-0.15, -0.1) is 12.4 Å². The van der Waals surface area contributed by atoms with Gasteiger partial charge in [-0.05, 0) is 23.9 Å². The van der Waals surface area contributed by atoms with Gasteiger partial charge in [0.2, 0.25) is 0 Å². The fourth-order valence-electron chi connectivity index (χ4n) is 1.87. The van der Waals surface area contributed by atoms with E-state index in [2.05, 4.69) is 35.6 Å². The van der Waals surface area contributed by atoms with E-state index in [1.165, 1.54) is 16.3 Å². The molecule has 2 aromatic rings. The van der Waals surface area contributed by atoms with Gasteiger partial charge < -0.3 is 10.1 Å². The van der Waals surface area contributed by atoms with E-state index in [4.69, 9.17) is 4.74 Å². The van der Waals surface area contributed by atoms with Crippen LogP contribution in [0.5, 0.6) is 5.75 Å². The highest BCUT2D eigenvalue weighted by Gasteiger charge is 2.06. The van der Waals surface area contributed by atoms with Gasteiger partial charge in [0, 0.05) is 12.1 Å². The van der Waals surface area contributed by atoms with Crippen LogP contribution in [0.25, 0.3) is 10.8 Å². The quantitative estimate of drug-likeness (QED) is 0.886. The fourth-order valence-corrected chi connectivity index (χ4v) is 1.87. The van der Waals surface area contributed by atoms with E-state index in [0.29, 0.717) is 0 Å². The van der Waals surface area contributed by atoms with Crippen molar-refractivity contribution >= 4 is 23.2 Å². The van der Waals surface area contributed by atoms with Crippen molar-refractivity contribution in [1.29, 1.82) is 0 Å². The molecule has 0 aliphatic rings. The zero-order chi connectivity index (χ0) is 10.7. The first kappa shape index (κ1) is 12.8. The molecule has 0 aliphatic heterocycles.